The van der Waals surface area contributed by atoms with Gasteiger partial charge in [0.05, 0.1) is 6.20 Å². The molecule has 1 N–H and O–H groups in total. The molecule has 1 aromatic carbocycles. The molecule has 0 saturated heterocycles. The standard InChI is InChI=1S/C13H11N3O/c1-9-2-4-10(5-3-9)13-14-12-7-6-11(17)8-16(12)15-13/h2-8,17H,1H3. The van der Waals surface area contributed by atoms with Gasteiger partial charge in [0.1, 0.15) is 5.75 Å². The van der Waals surface area contributed by atoms with Crippen LogP contribution in [0.4, 0.5) is 0 Å². The lowest BCUT2D eigenvalue weighted by Crippen LogP contribution is -1.85. The molecule has 0 saturated carbocycles. The van der Waals surface area contributed by atoms with E-state index in [-0.39, 0.29) is 5.75 Å². The number of benzene rings is 1. The molecule has 17 heavy (non-hydrogen) atoms. The Morgan fingerprint density at radius 2 is 1.82 bits per heavy atom. The highest BCUT2D eigenvalue weighted by Crippen LogP contribution is 2.18. The molecule has 2 aromatic heterocycles. The van der Waals surface area contributed by atoms with Crippen molar-refractivity contribution in [3.63, 3.8) is 0 Å². The second-order valence-corrected chi connectivity index (χ2v) is 3.99. The van der Waals surface area contributed by atoms with E-state index in [0.717, 1.165) is 11.2 Å². The minimum Gasteiger partial charge on any atom is -0.506 e. The summed E-state index contributed by atoms with van der Waals surface area (Å²) >= 11 is 0. The van der Waals surface area contributed by atoms with Crippen molar-refractivity contribution in [2.24, 2.45) is 0 Å². The molecule has 0 aliphatic carbocycles. The SMILES string of the molecule is Cc1ccc(-c2nc3ccc(O)cn3n2)cc1. The fraction of sp³-hybridized carbons (Fsp3) is 0.0769. The van der Waals surface area contributed by atoms with Gasteiger partial charge < -0.3 is 5.11 Å². The summed E-state index contributed by atoms with van der Waals surface area (Å²) in [6.45, 7) is 2.04. The number of fused-ring (bicyclic) bond motifs is 1. The van der Waals surface area contributed by atoms with Crippen molar-refractivity contribution >= 4 is 5.65 Å². The molecule has 4 nitrogen and oxygen atoms in total. The minimum absolute atomic E-state index is 0.179. The van der Waals surface area contributed by atoms with Crippen LogP contribution in [0.15, 0.2) is 42.6 Å². The van der Waals surface area contributed by atoms with Crippen molar-refractivity contribution in [1.29, 1.82) is 0 Å². The second-order valence-electron chi connectivity index (χ2n) is 3.99. The van der Waals surface area contributed by atoms with Crippen LogP contribution in [0.3, 0.4) is 0 Å². The number of rotatable bonds is 1. The lowest BCUT2D eigenvalue weighted by Gasteiger charge is -1.94. The smallest absolute Gasteiger partial charge is 0.182 e. The van der Waals surface area contributed by atoms with Crippen molar-refractivity contribution in [1.82, 2.24) is 14.6 Å². The van der Waals surface area contributed by atoms with Crippen LogP contribution in [0, 0.1) is 6.92 Å². The quantitative estimate of drug-likeness (QED) is 0.691. The zero-order valence-electron chi connectivity index (χ0n) is 9.33. The molecule has 0 amide bonds. The number of pyridine rings is 1. The first-order valence-corrected chi connectivity index (χ1v) is 5.35. The molecule has 2 heterocycles. The van der Waals surface area contributed by atoms with Crippen LogP contribution < -0.4 is 0 Å². The summed E-state index contributed by atoms with van der Waals surface area (Å²) in [5.74, 6) is 0.841. The van der Waals surface area contributed by atoms with Crippen LogP contribution in [0.25, 0.3) is 17.0 Å². The average molecular weight is 225 g/mol. The molecule has 0 aliphatic rings. The van der Waals surface area contributed by atoms with E-state index in [1.165, 1.54) is 5.56 Å². The highest BCUT2D eigenvalue weighted by Gasteiger charge is 2.06. The summed E-state index contributed by atoms with van der Waals surface area (Å²) < 4.78 is 1.57. The molecule has 3 aromatic rings. The van der Waals surface area contributed by atoms with Gasteiger partial charge in [-0.3, -0.25) is 0 Å². The largest absolute Gasteiger partial charge is 0.506 e. The van der Waals surface area contributed by atoms with E-state index in [9.17, 15) is 5.11 Å². The molecule has 84 valence electrons. The van der Waals surface area contributed by atoms with Gasteiger partial charge in [-0.05, 0) is 19.1 Å². The molecule has 0 aliphatic heterocycles. The van der Waals surface area contributed by atoms with E-state index in [4.69, 9.17) is 0 Å². The minimum atomic E-state index is 0.179. The number of aromatic nitrogens is 3. The van der Waals surface area contributed by atoms with Gasteiger partial charge in [-0.15, -0.1) is 5.10 Å². The van der Waals surface area contributed by atoms with Gasteiger partial charge in [0.2, 0.25) is 0 Å². The Morgan fingerprint density at radius 3 is 2.59 bits per heavy atom. The van der Waals surface area contributed by atoms with Crippen molar-refractivity contribution in [2.75, 3.05) is 0 Å². The first-order chi connectivity index (χ1) is 8.22. The van der Waals surface area contributed by atoms with Crippen LogP contribution in [0.2, 0.25) is 0 Å². The van der Waals surface area contributed by atoms with Gasteiger partial charge in [0.25, 0.3) is 0 Å². The third-order valence-electron chi connectivity index (χ3n) is 2.63. The first-order valence-electron chi connectivity index (χ1n) is 5.35. The van der Waals surface area contributed by atoms with Crippen LogP contribution in [-0.2, 0) is 0 Å². The van der Waals surface area contributed by atoms with Crippen molar-refractivity contribution in [3.8, 4) is 17.1 Å². The molecule has 4 heteroatoms. The van der Waals surface area contributed by atoms with E-state index in [2.05, 4.69) is 10.1 Å². The number of hydrogen-bond donors (Lipinski definition) is 1. The van der Waals surface area contributed by atoms with Crippen molar-refractivity contribution in [2.45, 2.75) is 6.92 Å². The van der Waals surface area contributed by atoms with Gasteiger partial charge in [0, 0.05) is 5.56 Å². The Labute approximate surface area is 98.2 Å². The van der Waals surface area contributed by atoms with Gasteiger partial charge in [-0.25, -0.2) is 9.50 Å². The maximum atomic E-state index is 9.36. The average Bonchev–Trinajstić information content (AvgIpc) is 2.72. The highest BCUT2D eigenvalue weighted by atomic mass is 16.3. The molecule has 0 spiro atoms. The molecule has 0 fully saturated rings. The molecular weight excluding hydrogens is 214 g/mol. The number of aromatic hydroxyl groups is 1. The fourth-order valence-corrected chi connectivity index (χ4v) is 1.70. The molecule has 0 atom stereocenters. The predicted octanol–water partition coefficient (Wildman–Crippen LogP) is 2.41. The van der Waals surface area contributed by atoms with Gasteiger partial charge >= 0.3 is 0 Å². The fourth-order valence-electron chi connectivity index (χ4n) is 1.70. The Balaban J connectivity index is 2.14. The molecule has 3 rings (SSSR count). The summed E-state index contributed by atoms with van der Waals surface area (Å²) in [5.41, 5.74) is 2.90. The summed E-state index contributed by atoms with van der Waals surface area (Å²) in [7, 11) is 0. The maximum absolute atomic E-state index is 9.36. The predicted molar refractivity (Wildman–Crippen MR) is 64.8 cm³/mol. The van der Waals surface area contributed by atoms with Gasteiger partial charge in [-0.2, -0.15) is 0 Å². The van der Waals surface area contributed by atoms with Crippen LogP contribution in [0.5, 0.6) is 5.75 Å². The van der Waals surface area contributed by atoms with Gasteiger partial charge in [-0.1, -0.05) is 29.8 Å². The molecular formula is C13H11N3O. The topological polar surface area (TPSA) is 50.4 Å². The first kappa shape index (κ1) is 9.84. The van der Waals surface area contributed by atoms with Crippen LogP contribution in [-0.4, -0.2) is 19.7 Å². The number of hydrogen-bond acceptors (Lipinski definition) is 3. The summed E-state index contributed by atoms with van der Waals surface area (Å²) in [4.78, 5) is 4.39. The van der Waals surface area contributed by atoms with Gasteiger partial charge in [0.15, 0.2) is 11.5 Å². The molecule has 0 unspecified atom stereocenters. The number of aryl methyl sites for hydroxylation is 1. The zero-order chi connectivity index (χ0) is 11.8. The van der Waals surface area contributed by atoms with E-state index in [1.54, 1.807) is 22.8 Å². The maximum Gasteiger partial charge on any atom is 0.182 e. The summed E-state index contributed by atoms with van der Waals surface area (Å²) in [6.07, 6.45) is 1.54. The molecule has 0 radical (unpaired) electrons. The van der Waals surface area contributed by atoms with Crippen LogP contribution >= 0.6 is 0 Å². The lowest BCUT2D eigenvalue weighted by molar-refractivity contribution is 0.470. The second kappa shape index (κ2) is 3.59. The normalized spacial score (nSPS) is 10.9. The van der Waals surface area contributed by atoms with E-state index >= 15 is 0 Å². The Bertz CT molecular complexity index is 671. The Hall–Kier alpha value is -2.36. The molecule has 0 bridgehead atoms. The summed E-state index contributed by atoms with van der Waals surface area (Å²) in [6, 6.07) is 11.4. The third kappa shape index (κ3) is 1.73. The van der Waals surface area contributed by atoms with Crippen molar-refractivity contribution in [3.05, 3.63) is 48.2 Å². The Kier molecular flexibility index (Phi) is 2.08. The van der Waals surface area contributed by atoms with E-state index in [1.807, 2.05) is 31.2 Å². The van der Waals surface area contributed by atoms with E-state index < -0.39 is 0 Å². The summed E-state index contributed by atoms with van der Waals surface area (Å²) in [5, 5.41) is 13.7. The monoisotopic (exact) mass is 225 g/mol. The van der Waals surface area contributed by atoms with Crippen LogP contribution in [0.1, 0.15) is 5.56 Å². The number of nitrogens with zero attached hydrogens (tertiary/aromatic N) is 3. The third-order valence-corrected chi connectivity index (χ3v) is 2.63. The zero-order valence-corrected chi connectivity index (χ0v) is 9.33. The lowest BCUT2D eigenvalue weighted by atomic mass is 10.1. The van der Waals surface area contributed by atoms with Crippen molar-refractivity contribution < 1.29 is 5.11 Å². The Morgan fingerprint density at radius 1 is 1.06 bits per heavy atom. The van der Waals surface area contributed by atoms with E-state index in [0.29, 0.717) is 5.82 Å². The highest BCUT2D eigenvalue weighted by molar-refractivity contribution is 5.58.